The molecule has 1 aromatic carbocycles. The van der Waals surface area contributed by atoms with Gasteiger partial charge in [0.05, 0.1) is 0 Å². The third-order valence-corrected chi connectivity index (χ3v) is 1.77. The van der Waals surface area contributed by atoms with E-state index in [-0.39, 0.29) is 5.37 Å². The van der Waals surface area contributed by atoms with E-state index >= 15 is 0 Å². The third-order valence-electron chi connectivity index (χ3n) is 1.59. The van der Waals surface area contributed by atoms with Crippen LogP contribution >= 0.6 is 12.6 Å². The highest BCUT2D eigenvalue weighted by molar-refractivity contribution is 7.80. The molecule has 0 aliphatic heterocycles. The molecule has 1 atom stereocenters. The van der Waals surface area contributed by atoms with Crippen molar-refractivity contribution in [3.8, 4) is 0 Å². The van der Waals surface area contributed by atoms with Gasteiger partial charge in [0.1, 0.15) is 0 Å². The standard InChI is InChI=1S/C9H11F2NS/c1-6(13)12-5-7-2-3-8(10)9(11)4-7/h2-4,6,12-13H,5H2,1H3. The molecule has 0 aliphatic rings. The number of thiol groups is 1. The van der Waals surface area contributed by atoms with Crippen LogP contribution in [0.4, 0.5) is 8.78 Å². The van der Waals surface area contributed by atoms with Crippen molar-refractivity contribution in [2.75, 3.05) is 0 Å². The monoisotopic (exact) mass is 203 g/mol. The zero-order chi connectivity index (χ0) is 9.84. The van der Waals surface area contributed by atoms with Crippen molar-refractivity contribution in [1.82, 2.24) is 5.32 Å². The van der Waals surface area contributed by atoms with Gasteiger partial charge in [0.25, 0.3) is 0 Å². The van der Waals surface area contributed by atoms with Gasteiger partial charge in [0.2, 0.25) is 0 Å². The molecule has 0 saturated carbocycles. The summed E-state index contributed by atoms with van der Waals surface area (Å²) in [5.41, 5.74) is 0.708. The second kappa shape index (κ2) is 4.58. The van der Waals surface area contributed by atoms with E-state index in [1.807, 2.05) is 6.92 Å². The van der Waals surface area contributed by atoms with Crippen molar-refractivity contribution in [3.05, 3.63) is 35.4 Å². The number of hydrogen-bond donors (Lipinski definition) is 2. The van der Waals surface area contributed by atoms with Crippen LogP contribution in [0.5, 0.6) is 0 Å². The Labute approximate surface area is 81.6 Å². The van der Waals surface area contributed by atoms with E-state index in [1.54, 1.807) is 6.07 Å². The van der Waals surface area contributed by atoms with E-state index in [2.05, 4.69) is 17.9 Å². The van der Waals surface area contributed by atoms with E-state index in [9.17, 15) is 8.78 Å². The lowest BCUT2D eigenvalue weighted by Crippen LogP contribution is -2.19. The maximum absolute atomic E-state index is 12.7. The summed E-state index contributed by atoms with van der Waals surface area (Å²) in [5.74, 6) is -1.63. The number of hydrogen-bond acceptors (Lipinski definition) is 2. The van der Waals surface area contributed by atoms with Crippen molar-refractivity contribution >= 4 is 12.6 Å². The molecule has 0 amide bonds. The summed E-state index contributed by atoms with van der Waals surface area (Å²) in [6.45, 7) is 2.35. The summed E-state index contributed by atoms with van der Waals surface area (Å²) in [5, 5.41) is 3.02. The highest BCUT2D eigenvalue weighted by atomic mass is 32.1. The number of halogens is 2. The van der Waals surface area contributed by atoms with Gasteiger partial charge in [-0.05, 0) is 24.6 Å². The maximum atomic E-state index is 12.7. The van der Waals surface area contributed by atoms with Crippen LogP contribution in [0, 0.1) is 11.6 Å². The van der Waals surface area contributed by atoms with E-state index in [4.69, 9.17) is 0 Å². The molecule has 0 fully saturated rings. The Bertz CT molecular complexity index is 289. The van der Waals surface area contributed by atoms with Crippen LogP contribution in [0.25, 0.3) is 0 Å². The Morgan fingerprint density at radius 3 is 2.62 bits per heavy atom. The topological polar surface area (TPSA) is 12.0 Å². The molecule has 1 aromatic rings. The van der Waals surface area contributed by atoms with Crippen LogP contribution in [0.1, 0.15) is 12.5 Å². The Kier molecular flexibility index (Phi) is 3.69. The second-order valence-corrected chi connectivity index (χ2v) is 3.58. The van der Waals surface area contributed by atoms with Gasteiger partial charge in [0, 0.05) is 11.9 Å². The molecule has 0 heterocycles. The zero-order valence-corrected chi connectivity index (χ0v) is 8.11. The normalized spacial score (nSPS) is 12.9. The van der Waals surface area contributed by atoms with E-state index < -0.39 is 11.6 Å². The Balaban J connectivity index is 2.63. The Morgan fingerprint density at radius 2 is 2.08 bits per heavy atom. The molecular weight excluding hydrogens is 192 g/mol. The van der Waals surface area contributed by atoms with Crippen LogP contribution in [-0.2, 0) is 6.54 Å². The molecule has 0 aromatic heterocycles. The molecule has 1 rings (SSSR count). The summed E-state index contributed by atoms with van der Waals surface area (Å²) in [6.07, 6.45) is 0. The fourth-order valence-corrected chi connectivity index (χ4v) is 1.01. The third kappa shape index (κ3) is 3.32. The molecule has 13 heavy (non-hydrogen) atoms. The molecule has 0 spiro atoms. The van der Waals surface area contributed by atoms with Gasteiger partial charge in [-0.3, -0.25) is 0 Å². The van der Waals surface area contributed by atoms with Crippen molar-refractivity contribution < 1.29 is 8.78 Å². The summed E-state index contributed by atoms with van der Waals surface area (Å²) in [6, 6.07) is 3.84. The predicted octanol–water partition coefficient (Wildman–Crippen LogP) is 2.33. The van der Waals surface area contributed by atoms with Crippen LogP contribution < -0.4 is 5.32 Å². The van der Waals surface area contributed by atoms with Crippen LogP contribution in [-0.4, -0.2) is 5.37 Å². The summed E-state index contributed by atoms with van der Waals surface area (Å²) < 4.78 is 25.2. The Hall–Kier alpha value is -0.610. The average molecular weight is 203 g/mol. The van der Waals surface area contributed by atoms with Crippen LogP contribution in [0.15, 0.2) is 18.2 Å². The SMILES string of the molecule is CC(S)NCc1ccc(F)c(F)c1. The van der Waals surface area contributed by atoms with Gasteiger partial charge in [-0.2, -0.15) is 12.6 Å². The molecule has 72 valence electrons. The van der Waals surface area contributed by atoms with Gasteiger partial charge in [0.15, 0.2) is 11.6 Å². The average Bonchev–Trinajstić information content (AvgIpc) is 2.07. The van der Waals surface area contributed by atoms with Crippen molar-refractivity contribution in [2.45, 2.75) is 18.8 Å². The molecule has 0 saturated heterocycles. The minimum absolute atomic E-state index is 0.0353. The zero-order valence-electron chi connectivity index (χ0n) is 7.22. The maximum Gasteiger partial charge on any atom is 0.159 e. The molecule has 1 N–H and O–H groups in total. The van der Waals surface area contributed by atoms with Crippen molar-refractivity contribution in [1.29, 1.82) is 0 Å². The summed E-state index contributed by atoms with van der Waals surface area (Å²) in [4.78, 5) is 0. The fourth-order valence-electron chi connectivity index (χ4n) is 0.915. The quantitative estimate of drug-likeness (QED) is 0.567. The first-order valence-corrected chi connectivity index (χ1v) is 4.46. The molecule has 1 unspecified atom stereocenters. The first kappa shape index (κ1) is 10.5. The molecule has 0 bridgehead atoms. The molecular formula is C9H11F2NS. The highest BCUT2D eigenvalue weighted by Gasteiger charge is 2.02. The van der Waals surface area contributed by atoms with E-state index in [0.717, 1.165) is 6.07 Å². The van der Waals surface area contributed by atoms with Crippen molar-refractivity contribution in [3.63, 3.8) is 0 Å². The highest BCUT2D eigenvalue weighted by Crippen LogP contribution is 2.08. The van der Waals surface area contributed by atoms with Crippen LogP contribution in [0.3, 0.4) is 0 Å². The van der Waals surface area contributed by atoms with Gasteiger partial charge < -0.3 is 5.32 Å². The van der Waals surface area contributed by atoms with E-state index in [1.165, 1.54) is 6.07 Å². The number of rotatable bonds is 3. The van der Waals surface area contributed by atoms with E-state index in [0.29, 0.717) is 12.1 Å². The lowest BCUT2D eigenvalue weighted by Gasteiger charge is -2.07. The summed E-state index contributed by atoms with van der Waals surface area (Å²) >= 11 is 4.10. The molecule has 0 radical (unpaired) electrons. The Morgan fingerprint density at radius 1 is 1.38 bits per heavy atom. The number of benzene rings is 1. The van der Waals surface area contributed by atoms with Gasteiger partial charge in [-0.1, -0.05) is 6.07 Å². The first-order chi connectivity index (χ1) is 6.09. The molecule has 0 aliphatic carbocycles. The molecule has 1 nitrogen and oxygen atoms in total. The smallest absolute Gasteiger partial charge is 0.159 e. The van der Waals surface area contributed by atoms with Gasteiger partial charge in [-0.15, -0.1) is 0 Å². The largest absolute Gasteiger partial charge is 0.302 e. The minimum Gasteiger partial charge on any atom is -0.302 e. The second-order valence-electron chi connectivity index (χ2n) is 2.81. The predicted molar refractivity (Wildman–Crippen MR) is 51.6 cm³/mol. The van der Waals surface area contributed by atoms with Gasteiger partial charge >= 0.3 is 0 Å². The minimum atomic E-state index is -0.817. The lowest BCUT2D eigenvalue weighted by molar-refractivity contribution is 0.506. The van der Waals surface area contributed by atoms with Crippen LogP contribution in [0.2, 0.25) is 0 Å². The molecule has 4 heteroatoms. The number of nitrogens with one attached hydrogen (secondary N) is 1. The van der Waals surface area contributed by atoms with Crippen molar-refractivity contribution in [2.24, 2.45) is 0 Å². The van der Waals surface area contributed by atoms with Gasteiger partial charge in [-0.25, -0.2) is 8.78 Å². The first-order valence-electron chi connectivity index (χ1n) is 3.95. The lowest BCUT2D eigenvalue weighted by atomic mass is 10.2. The summed E-state index contributed by atoms with van der Waals surface area (Å²) in [7, 11) is 0. The fraction of sp³-hybridized carbons (Fsp3) is 0.333.